The van der Waals surface area contributed by atoms with Gasteiger partial charge in [-0.1, -0.05) is 67.6 Å². The highest BCUT2D eigenvalue weighted by atomic mass is 16.2. The Labute approximate surface area is 134 Å². The molecule has 1 N–H and O–H groups in total. The number of hydrogen-bond donors (Lipinski definition) is 1. The molecule has 0 saturated carbocycles. The third kappa shape index (κ3) is 2.61. The molecule has 5 heteroatoms. The predicted molar refractivity (Wildman–Crippen MR) is 87.8 cm³/mol. The summed E-state index contributed by atoms with van der Waals surface area (Å²) in [5, 5.41) is 7.77. The minimum Gasteiger partial charge on any atom is -0.318 e. The summed E-state index contributed by atoms with van der Waals surface area (Å²) in [5.74, 6) is -0.358. The molecule has 23 heavy (non-hydrogen) atoms. The number of rotatable bonds is 4. The molecule has 0 bridgehead atoms. The van der Waals surface area contributed by atoms with Gasteiger partial charge in [-0.25, -0.2) is 4.79 Å². The molecule has 1 fully saturated rings. The van der Waals surface area contributed by atoms with Crippen molar-refractivity contribution < 1.29 is 9.59 Å². The molecule has 1 saturated heterocycles. The Kier molecular flexibility index (Phi) is 3.93. The van der Waals surface area contributed by atoms with Gasteiger partial charge in [-0.15, -0.1) is 5.01 Å². The molecule has 1 aliphatic heterocycles. The van der Waals surface area contributed by atoms with Crippen LogP contribution in [-0.4, -0.2) is 23.2 Å². The fraction of sp³-hybridized carbons (Fsp3) is 0.167. The first kappa shape index (κ1) is 15.0. The number of hydrazone groups is 1. The molecular weight excluding hydrogens is 290 g/mol. The standard InChI is InChI=1S/C18H17N3O2/c1-2-18(15-11-7-4-8-12-15)16(22)21(17(23)20-18)19-13-14-9-5-3-6-10-14/h3-13H,2H2,1H3,(H,20,23)/b19-13-/t18-/m0/s1. The van der Waals surface area contributed by atoms with E-state index in [0.29, 0.717) is 6.42 Å². The van der Waals surface area contributed by atoms with Crippen LogP contribution in [0.4, 0.5) is 4.79 Å². The third-order valence-electron chi connectivity index (χ3n) is 3.99. The van der Waals surface area contributed by atoms with Gasteiger partial charge in [0.1, 0.15) is 5.54 Å². The zero-order valence-electron chi connectivity index (χ0n) is 12.8. The van der Waals surface area contributed by atoms with E-state index < -0.39 is 11.6 Å². The van der Waals surface area contributed by atoms with Gasteiger partial charge >= 0.3 is 6.03 Å². The molecule has 2 aromatic rings. The van der Waals surface area contributed by atoms with E-state index in [4.69, 9.17) is 0 Å². The van der Waals surface area contributed by atoms with Gasteiger partial charge in [0, 0.05) is 0 Å². The molecule has 0 aliphatic carbocycles. The van der Waals surface area contributed by atoms with Gasteiger partial charge in [0.15, 0.2) is 0 Å². The zero-order valence-corrected chi connectivity index (χ0v) is 12.8. The van der Waals surface area contributed by atoms with Crippen molar-refractivity contribution >= 4 is 18.2 Å². The summed E-state index contributed by atoms with van der Waals surface area (Å²) in [7, 11) is 0. The summed E-state index contributed by atoms with van der Waals surface area (Å²) in [5.41, 5.74) is 0.534. The van der Waals surface area contributed by atoms with Crippen LogP contribution in [0.3, 0.4) is 0 Å². The fourth-order valence-corrected chi connectivity index (χ4v) is 2.69. The number of imide groups is 1. The number of nitrogens with one attached hydrogen (secondary N) is 1. The maximum absolute atomic E-state index is 12.8. The first-order valence-electron chi connectivity index (χ1n) is 7.48. The average molecular weight is 307 g/mol. The van der Waals surface area contributed by atoms with Crippen LogP contribution in [-0.2, 0) is 10.3 Å². The van der Waals surface area contributed by atoms with Crippen LogP contribution in [0.5, 0.6) is 0 Å². The summed E-state index contributed by atoms with van der Waals surface area (Å²) in [6.07, 6.45) is 1.97. The average Bonchev–Trinajstić information content (AvgIpc) is 2.86. The number of carbonyl (C=O) groups excluding carboxylic acids is 2. The Morgan fingerprint density at radius 1 is 1.04 bits per heavy atom. The Morgan fingerprint density at radius 3 is 2.26 bits per heavy atom. The molecular formula is C18H17N3O2. The largest absolute Gasteiger partial charge is 0.346 e. The SMILES string of the molecule is CC[C@@]1(c2ccccc2)NC(=O)N(/N=C\c2ccccc2)C1=O. The highest BCUT2D eigenvalue weighted by Gasteiger charge is 2.51. The fourth-order valence-electron chi connectivity index (χ4n) is 2.69. The second-order valence-electron chi connectivity index (χ2n) is 5.33. The van der Waals surface area contributed by atoms with Crippen LogP contribution in [0.1, 0.15) is 24.5 Å². The lowest BCUT2D eigenvalue weighted by Gasteiger charge is -2.24. The maximum Gasteiger partial charge on any atom is 0.346 e. The van der Waals surface area contributed by atoms with Gasteiger partial charge in [-0.05, 0) is 17.5 Å². The summed E-state index contributed by atoms with van der Waals surface area (Å²) < 4.78 is 0. The molecule has 3 rings (SSSR count). The van der Waals surface area contributed by atoms with Crippen LogP contribution in [0.2, 0.25) is 0 Å². The highest BCUT2D eigenvalue weighted by molar-refractivity contribution is 6.07. The topological polar surface area (TPSA) is 61.8 Å². The van der Waals surface area contributed by atoms with Crippen LogP contribution in [0, 0.1) is 0 Å². The van der Waals surface area contributed by atoms with E-state index in [2.05, 4.69) is 10.4 Å². The number of carbonyl (C=O) groups is 2. The molecule has 1 heterocycles. The van der Waals surface area contributed by atoms with Crippen molar-refractivity contribution in [1.29, 1.82) is 0 Å². The van der Waals surface area contributed by atoms with Crippen molar-refractivity contribution in [2.45, 2.75) is 18.9 Å². The Bertz CT molecular complexity index is 743. The second-order valence-corrected chi connectivity index (χ2v) is 5.33. The number of nitrogens with zero attached hydrogens (tertiary/aromatic N) is 2. The van der Waals surface area contributed by atoms with Crippen LogP contribution >= 0.6 is 0 Å². The predicted octanol–water partition coefficient (Wildman–Crippen LogP) is 2.88. The van der Waals surface area contributed by atoms with Crippen LogP contribution < -0.4 is 5.32 Å². The lowest BCUT2D eigenvalue weighted by atomic mass is 9.87. The smallest absolute Gasteiger partial charge is 0.318 e. The first-order chi connectivity index (χ1) is 11.2. The monoisotopic (exact) mass is 307 g/mol. The van der Waals surface area contributed by atoms with Gasteiger partial charge in [-0.2, -0.15) is 5.10 Å². The van der Waals surface area contributed by atoms with Crippen molar-refractivity contribution in [1.82, 2.24) is 10.3 Å². The molecule has 1 aliphatic rings. The zero-order chi connectivity index (χ0) is 16.3. The minimum absolute atomic E-state index is 0.358. The Morgan fingerprint density at radius 2 is 1.65 bits per heavy atom. The molecule has 0 spiro atoms. The van der Waals surface area contributed by atoms with Gasteiger partial charge in [0.2, 0.25) is 0 Å². The second kappa shape index (κ2) is 6.04. The Balaban J connectivity index is 1.92. The number of amides is 3. The molecule has 2 aromatic carbocycles. The van der Waals surface area contributed by atoms with Crippen molar-refractivity contribution in [2.24, 2.45) is 5.10 Å². The molecule has 0 aromatic heterocycles. The molecule has 5 nitrogen and oxygen atoms in total. The van der Waals surface area contributed by atoms with Crippen molar-refractivity contribution in [2.75, 3.05) is 0 Å². The molecule has 0 radical (unpaired) electrons. The van der Waals surface area contributed by atoms with Crippen LogP contribution in [0.15, 0.2) is 65.8 Å². The van der Waals surface area contributed by atoms with E-state index in [1.807, 2.05) is 67.6 Å². The van der Waals surface area contributed by atoms with E-state index in [-0.39, 0.29) is 5.91 Å². The van der Waals surface area contributed by atoms with Crippen molar-refractivity contribution in [3.63, 3.8) is 0 Å². The summed E-state index contributed by atoms with van der Waals surface area (Å²) in [4.78, 5) is 25.1. The van der Waals surface area contributed by atoms with E-state index in [1.54, 1.807) is 0 Å². The summed E-state index contributed by atoms with van der Waals surface area (Å²) in [6, 6.07) is 18.1. The normalized spacial score (nSPS) is 21.0. The van der Waals surface area contributed by atoms with E-state index >= 15 is 0 Å². The van der Waals surface area contributed by atoms with E-state index in [1.165, 1.54) is 6.21 Å². The van der Waals surface area contributed by atoms with Crippen molar-refractivity contribution in [3.8, 4) is 0 Å². The maximum atomic E-state index is 12.8. The number of hydrogen-bond acceptors (Lipinski definition) is 3. The van der Waals surface area contributed by atoms with E-state index in [9.17, 15) is 9.59 Å². The number of urea groups is 1. The molecule has 116 valence electrons. The third-order valence-corrected chi connectivity index (χ3v) is 3.99. The molecule has 1 atom stereocenters. The molecule has 3 amide bonds. The Hall–Kier alpha value is -2.95. The summed E-state index contributed by atoms with van der Waals surface area (Å²) in [6.45, 7) is 1.87. The van der Waals surface area contributed by atoms with Crippen molar-refractivity contribution in [3.05, 3.63) is 71.8 Å². The van der Waals surface area contributed by atoms with Crippen LogP contribution in [0.25, 0.3) is 0 Å². The van der Waals surface area contributed by atoms with E-state index in [0.717, 1.165) is 16.1 Å². The first-order valence-corrected chi connectivity index (χ1v) is 7.48. The lowest BCUT2D eigenvalue weighted by molar-refractivity contribution is -0.131. The minimum atomic E-state index is -1.05. The highest BCUT2D eigenvalue weighted by Crippen LogP contribution is 2.32. The quantitative estimate of drug-likeness (QED) is 0.697. The number of benzene rings is 2. The molecule has 0 unspecified atom stereocenters. The van der Waals surface area contributed by atoms with Gasteiger partial charge in [0.05, 0.1) is 6.21 Å². The van der Waals surface area contributed by atoms with Gasteiger partial charge in [-0.3, -0.25) is 4.79 Å². The van der Waals surface area contributed by atoms with Gasteiger partial charge in [0.25, 0.3) is 5.91 Å². The van der Waals surface area contributed by atoms with Gasteiger partial charge < -0.3 is 5.32 Å². The summed E-state index contributed by atoms with van der Waals surface area (Å²) >= 11 is 0. The lowest BCUT2D eigenvalue weighted by Crippen LogP contribution is -2.43.